The molecule has 37 heavy (non-hydrogen) atoms. The highest BCUT2D eigenvalue weighted by atomic mass is 19.1. The maximum absolute atomic E-state index is 13.4. The second-order valence-electron chi connectivity index (χ2n) is 10.1. The summed E-state index contributed by atoms with van der Waals surface area (Å²) in [5.41, 5.74) is -0.0312. The van der Waals surface area contributed by atoms with Crippen molar-refractivity contribution in [2.75, 3.05) is 21.1 Å². The Morgan fingerprint density at radius 2 is 1.84 bits per heavy atom. The quantitative estimate of drug-likeness (QED) is 0.520. The number of nitrogens with zero attached hydrogens (tertiary/aromatic N) is 5. The Bertz CT molecular complexity index is 1420. The van der Waals surface area contributed by atoms with Crippen LogP contribution in [0.25, 0.3) is 11.5 Å². The number of carbonyl (C=O) groups excluding carboxylic acids is 2. The van der Waals surface area contributed by atoms with Gasteiger partial charge in [-0.05, 0) is 49.3 Å². The van der Waals surface area contributed by atoms with Gasteiger partial charge < -0.3 is 19.9 Å². The molecule has 11 heteroatoms. The molecule has 1 aliphatic carbocycles. The molecule has 6 rings (SSSR count). The van der Waals surface area contributed by atoms with Gasteiger partial charge in [0.05, 0.1) is 0 Å². The number of rotatable bonds is 4. The number of hydrogen-bond donors (Lipinski definition) is 2. The predicted molar refractivity (Wildman–Crippen MR) is 132 cm³/mol. The summed E-state index contributed by atoms with van der Waals surface area (Å²) in [6.45, 7) is 0.383. The van der Waals surface area contributed by atoms with Crippen LogP contribution in [-0.2, 0) is 28.1 Å². The summed E-state index contributed by atoms with van der Waals surface area (Å²) >= 11 is 0. The zero-order valence-corrected chi connectivity index (χ0v) is 21.0. The van der Waals surface area contributed by atoms with E-state index >= 15 is 0 Å². The van der Waals surface area contributed by atoms with Crippen molar-refractivity contribution in [1.82, 2.24) is 29.3 Å². The minimum absolute atomic E-state index is 0.00823. The molecular formula is C26H29FN6O4. The van der Waals surface area contributed by atoms with Crippen LogP contribution in [0.5, 0.6) is 5.75 Å². The van der Waals surface area contributed by atoms with Crippen molar-refractivity contribution in [2.24, 2.45) is 5.92 Å². The third kappa shape index (κ3) is 4.17. The molecule has 0 spiro atoms. The van der Waals surface area contributed by atoms with Crippen LogP contribution in [0.4, 0.5) is 4.39 Å². The van der Waals surface area contributed by atoms with Gasteiger partial charge in [-0.1, -0.05) is 12.1 Å². The Balaban J connectivity index is 1.58. The van der Waals surface area contributed by atoms with Crippen molar-refractivity contribution >= 4 is 11.8 Å². The minimum atomic E-state index is -0.971. The molecule has 2 N–H and O–H groups in total. The lowest BCUT2D eigenvalue weighted by atomic mass is 9.76. The second kappa shape index (κ2) is 9.13. The molecule has 194 valence electrons. The number of likely N-dealkylation sites (N-methyl/N-ethyl adjacent to an activating group) is 2. The first-order valence-corrected chi connectivity index (χ1v) is 12.2. The van der Waals surface area contributed by atoms with Crippen LogP contribution in [0, 0.1) is 11.7 Å². The number of halogens is 1. The molecule has 0 radical (unpaired) electrons. The number of fused-ring (bicyclic) bond motifs is 2. The predicted octanol–water partition coefficient (Wildman–Crippen LogP) is 2.01. The summed E-state index contributed by atoms with van der Waals surface area (Å²) in [7, 11) is 4.61. The molecule has 1 saturated carbocycles. The number of aromatic nitrogens is 4. The molecule has 2 amide bonds. The van der Waals surface area contributed by atoms with Crippen LogP contribution in [0.2, 0.25) is 0 Å². The minimum Gasteiger partial charge on any atom is -0.501 e. The van der Waals surface area contributed by atoms with E-state index < -0.39 is 28.7 Å². The van der Waals surface area contributed by atoms with Gasteiger partial charge in [-0.25, -0.2) is 14.4 Å². The number of amides is 2. The average Bonchev–Trinajstić information content (AvgIpc) is 3.21. The maximum Gasteiger partial charge on any atom is 0.312 e. The summed E-state index contributed by atoms with van der Waals surface area (Å²) in [4.78, 5) is 53.9. The third-order valence-corrected chi connectivity index (χ3v) is 7.63. The van der Waals surface area contributed by atoms with Gasteiger partial charge in [0.15, 0.2) is 11.5 Å². The summed E-state index contributed by atoms with van der Waals surface area (Å²) in [5.74, 6) is -1.42. The number of aromatic hydroxyl groups is 1. The van der Waals surface area contributed by atoms with E-state index in [4.69, 9.17) is 4.98 Å². The van der Waals surface area contributed by atoms with Gasteiger partial charge in [-0.3, -0.25) is 19.0 Å². The fourth-order valence-electron chi connectivity index (χ4n) is 5.46. The second-order valence-corrected chi connectivity index (χ2v) is 10.1. The van der Waals surface area contributed by atoms with E-state index in [1.54, 1.807) is 25.4 Å². The van der Waals surface area contributed by atoms with Crippen LogP contribution >= 0.6 is 0 Å². The van der Waals surface area contributed by atoms with E-state index in [0.717, 1.165) is 18.4 Å². The zero-order chi connectivity index (χ0) is 26.5. The van der Waals surface area contributed by atoms with Gasteiger partial charge in [-0.2, -0.15) is 0 Å². The van der Waals surface area contributed by atoms with Crippen molar-refractivity contribution < 1.29 is 19.1 Å². The fourth-order valence-corrected chi connectivity index (χ4v) is 5.46. The summed E-state index contributed by atoms with van der Waals surface area (Å²) in [6.07, 6.45) is 4.63. The molecule has 1 fully saturated rings. The summed E-state index contributed by atoms with van der Waals surface area (Å²) in [5, 5.41) is 10.9. The fraction of sp³-hybridized carbons (Fsp3) is 0.423. The van der Waals surface area contributed by atoms with Crippen LogP contribution < -0.4 is 5.56 Å². The van der Waals surface area contributed by atoms with Gasteiger partial charge in [0.2, 0.25) is 5.75 Å². The first-order chi connectivity index (χ1) is 17.6. The van der Waals surface area contributed by atoms with Crippen molar-refractivity contribution in [3.63, 3.8) is 0 Å². The van der Waals surface area contributed by atoms with Crippen LogP contribution in [-0.4, -0.2) is 67.4 Å². The lowest BCUT2D eigenvalue weighted by Crippen LogP contribution is -2.54. The Morgan fingerprint density at radius 1 is 1.16 bits per heavy atom. The number of benzene rings is 1. The molecule has 0 saturated heterocycles. The van der Waals surface area contributed by atoms with Crippen LogP contribution in [0.15, 0.2) is 35.3 Å². The largest absolute Gasteiger partial charge is 0.501 e. The van der Waals surface area contributed by atoms with E-state index in [-0.39, 0.29) is 23.3 Å². The Hall–Kier alpha value is -4.02. The Kier molecular flexibility index (Phi) is 6.09. The van der Waals surface area contributed by atoms with Gasteiger partial charge >= 0.3 is 11.8 Å². The number of H-pyrrole nitrogens is 1. The zero-order valence-electron chi connectivity index (χ0n) is 21.0. The molecule has 0 atom stereocenters. The third-order valence-electron chi connectivity index (χ3n) is 7.63. The number of carbonyl (C=O) groups is 2. The lowest BCUT2D eigenvalue weighted by Gasteiger charge is -2.43. The Labute approximate surface area is 212 Å². The van der Waals surface area contributed by atoms with Crippen molar-refractivity contribution in [3.8, 4) is 17.3 Å². The number of aromatic amines is 1. The molecule has 10 nitrogen and oxygen atoms in total. The highest BCUT2D eigenvalue weighted by Gasteiger charge is 2.50. The molecule has 3 aliphatic rings. The molecule has 4 heterocycles. The van der Waals surface area contributed by atoms with E-state index in [2.05, 4.69) is 9.97 Å². The van der Waals surface area contributed by atoms with Crippen LogP contribution in [0.3, 0.4) is 0 Å². The summed E-state index contributed by atoms with van der Waals surface area (Å²) in [6, 6.07) is 6.09. The molecule has 3 aromatic rings. The average molecular weight is 509 g/mol. The standard InChI is InChI=1S/C26H29FN6O4/c1-31(2)23(36)24(37)32(3)26-10-8-16(9-11-26)14-33-22(35)20(34)19(30-25(26)33)21-28-13-18(29-21)12-15-4-6-17(27)7-5-15/h4-7,13,16,34H,8-12,14H2,1-3H3,(H,28,29). The molecule has 1 aromatic carbocycles. The summed E-state index contributed by atoms with van der Waals surface area (Å²) < 4.78 is 14.7. The van der Waals surface area contributed by atoms with Gasteiger partial charge in [-0.15, -0.1) is 0 Å². The van der Waals surface area contributed by atoms with Crippen molar-refractivity contribution in [3.05, 3.63) is 63.7 Å². The number of nitrogens with one attached hydrogen (secondary N) is 1. The van der Waals surface area contributed by atoms with Gasteiger partial charge in [0, 0.05) is 46.0 Å². The highest BCUT2D eigenvalue weighted by molar-refractivity contribution is 6.34. The highest BCUT2D eigenvalue weighted by Crippen LogP contribution is 2.47. The van der Waals surface area contributed by atoms with E-state index in [9.17, 15) is 23.9 Å². The van der Waals surface area contributed by atoms with Crippen LogP contribution in [0.1, 0.15) is 42.8 Å². The normalized spacial score (nSPS) is 20.3. The van der Waals surface area contributed by atoms with Gasteiger partial charge in [0.25, 0.3) is 5.56 Å². The van der Waals surface area contributed by atoms with E-state index in [1.165, 1.54) is 40.6 Å². The SMILES string of the molecule is CN(C)C(=O)C(=O)N(C)C12CCC(CC1)Cn1c2nc(-c2ncc(Cc3ccc(F)cc3)[nH]2)c(O)c1=O. The van der Waals surface area contributed by atoms with Gasteiger partial charge in [0.1, 0.15) is 17.2 Å². The maximum atomic E-state index is 13.4. The number of imidazole rings is 1. The molecule has 2 aromatic heterocycles. The molecule has 2 bridgehead atoms. The topological polar surface area (TPSA) is 124 Å². The molecular weight excluding hydrogens is 479 g/mol. The van der Waals surface area contributed by atoms with E-state index in [0.29, 0.717) is 37.3 Å². The van der Waals surface area contributed by atoms with E-state index in [1.807, 2.05) is 0 Å². The Morgan fingerprint density at radius 3 is 2.49 bits per heavy atom. The van der Waals surface area contributed by atoms with Crippen molar-refractivity contribution in [2.45, 2.75) is 44.2 Å². The van der Waals surface area contributed by atoms with Crippen molar-refractivity contribution in [1.29, 1.82) is 0 Å². The monoisotopic (exact) mass is 508 g/mol. The molecule has 2 aliphatic heterocycles. The first kappa shape index (κ1) is 24.7. The smallest absolute Gasteiger partial charge is 0.312 e. The first-order valence-electron chi connectivity index (χ1n) is 12.2. The lowest BCUT2D eigenvalue weighted by molar-refractivity contribution is -0.154. The molecule has 0 unspecified atom stereocenters. The number of hydrogen-bond acceptors (Lipinski definition) is 6.